The zero-order valence-electron chi connectivity index (χ0n) is 12.8. The largest absolute Gasteiger partial charge is 0.437 e. The van der Waals surface area contributed by atoms with Crippen molar-refractivity contribution in [3.8, 4) is 0 Å². The van der Waals surface area contributed by atoms with E-state index in [-0.39, 0.29) is 17.7 Å². The van der Waals surface area contributed by atoms with Crippen LogP contribution in [0.25, 0.3) is 11.2 Å². The highest BCUT2D eigenvalue weighted by Crippen LogP contribution is 2.20. The molecule has 3 aromatic rings. The summed E-state index contributed by atoms with van der Waals surface area (Å²) in [5, 5.41) is 11.3. The van der Waals surface area contributed by atoms with Gasteiger partial charge in [0.25, 0.3) is 5.52 Å². The molecule has 124 valence electrons. The molecule has 0 spiro atoms. The van der Waals surface area contributed by atoms with Crippen molar-refractivity contribution >= 4 is 17.1 Å². The fraction of sp³-hybridized carbons (Fsp3) is 0.214. The summed E-state index contributed by atoms with van der Waals surface area (Å²) in [5.41, 5.74) is -1.11. The lowest BCUT2D eigenvalue weighted by Crippen LogP contribution is -2.37. The molecule has 0 aliphatic heterocycles. The highest BCUT2D eigenvalue weighted by molar-refractivity contribution is 5.72. The Labute approximate surface area is 133 Å². The minimum atomic E-state index is -0.747. The van der Waals surface area contributed by atoms with Gasteiger partial charge in [-0.25, -0.2) is 13.8 Å². The van der Waals surface area contributed by atoms with E-state index < -0.39 is 27.9 Å². The average Bonchev–Trinajstić information content (AvgIpc) is 2.90. The molecule has 1 aromatic carbocycles. The fourth-order valence-electron chi connectivity index (χ4n) is 2.58. The number of rotatable bonds is 3. The van der Waals surface area contributed by atoms with E-state index in [1.54, 1.807) is 6.07 Å². The van der Waals surface area contributed by atoms with Crippen LogP contribution in [0.2, 0.25) is 0 Å². The van der Waals surface area contributed by atoms with Crippen LogP contribution in [-0.2, 0) is 20.6 Å². The molecule has 24 heavy (non-hydrogen) atoms. The smallest absolute Gasteiger partial charge is 0.390 e. The summed E-state index contributed by atoms with van der Waals surface area (Å²) in [6.07, 6.45) is 0. The van der Waals surface area contributed by atoms with E-state index in [9.17, 15) is 24.1 Å². The lowest BCUT2D eigenvalue weighted by Gasteiger charge is -2.06. The molecule has 0 saturated carbocycles. The third-order valence-corrected chi connectivity index (χ3v) is 3.71. The monoisotopic (exact) mass is 333 g/mol. The Bertz CT molecular complexity index is 1090. The zero-order chi connectivity index (χ0) is 17.6. The molecule has 0 saturated heterocycles. The fourth-order valence-corrected chi connectivity index (χ4v) is 2.58. The molecule has 0 atom stereocenters. The first kappa shape index (κ1) is 15.6. The summed E-state index contributed by atoms with van der Waals surface area (Å²) in [7, 11) is 2.65. The Morgan fingerprint density at radius 2 is 1.96 bits per heavy atom. The minimum absolute atomic E-state index is 0.0130. The third kappa shape index (κ3) is 2.28. The topological polar surface area (TPSA) is 105 Å². The van der Waals surface area contributed by atoms with Crippen LogP contribution in [0.1, 0.15) is 5.56 Å². The van der Waals surface area contributed by atoms with E-state index in [1.807, 2.05) is 0 Å². The summed E-state index contributed by atoms with van der Waals surface area (Å²) in [5.74, 6) is -1.09. The number of aromatic nitrogens is 4. The SMILES string of the molecule is Cn1c(=O)c2nc([N+](=O)[O-])n(Cc3cccc(F)c3)c2n(C)c1=O. The van der Waals surface area contributed by atoms with Crippen LogP contribution in [0, 0.1) is 15.9 Å². The van der Waals surface area contributed by atoms with Crippen molar-refractivity contribution in [2.24, 2.45) is 14.1 Å². The number of hydrogen-bond acceptors (Lipinski definition) is 5. The lowest BCUT2D eigenvalue weighted by molar-refractivity contribution is -0.396. The molecule has 0 bridgehead atoms. The summed E-state index contributed by atoms with van der Waals surface area (Å²) < 4.78 is 16.4. The van der Waals surface area contributed by atoms with Gasteiger partial charge in [-0.15, -0.1) is 0 Å². The number of hydrogen-bond donors (Lipinski definition) is 0. The molecule has 2 heterocycles. The van der Waals surface area contributed by atoms with Crippen LogP contribution >= 0.6 is 0 Å². The molecule has 0 aliphatic carbocycles. The Hall–Kier alpha value is -3.30. The van der Waals surface area contributed by atoms with Gasteiger partial charge in [-0.1, -0.05) is 17.1 Å². The first-order chi connectivity index (χ1) is 11.3. The van der Waals surface area contributed by atoms with Crippen molar-refractivity contribution < 1.29 is 9.31 Å². The summed E-state index contributed by atoms with van der Waals surface area (Å²) in [4.78, 5) is 38.6. The second kappa shape index (κ2) is 5.41. The van der Waals surface area contributed by atoms with Crippen LogP contribution in [0.15, 0.2) is 33.9 Å². The number of nitro groups is 1. The standard InChI is InChI=1S/C14H12FN5O4/c1-17-11-10(12(21)18(2)14(17)22)16-13(20(23)24)19(11)7-8-4-3-5-9(15)6-8/h3-6H,7H2,1-2H3. The number of benzene rings is 1. The Morgan fingerprint density at radius 3 is 2.58 bits per heavy atom. The van der Waals surface area contributed by atoms with Gasteiger partial charge < -0.3 is 10.1 Å². The second-order valence-electron chi connectivity index (χ2n) is 5.26. The van der Waals surface area contributed by atoms with Crippen LogP contribution in [0.4, 0.5) is 10.3 Å². The quantitative estimate of drug-likeness (QED) is 0.513. The van der Waals surface area contributed by atoms with Gasteiger partial charge in [0.05, 0.1) is 6.54 Å². The molecular formula is C14H12FN5O4. The Kier molecular flexibility index (Phi) is 3.51. The normalized spacial score (nSPS) is 11.1. The Balaban J connectivity index is 2.37. The van der Waals surface area contributed by atoms with Crippen molar-refractivity contribution in [1.29, 1.82) is 0 Å². The average molecular weight is 333 g/mol. The molecular weight excluding hydrogens is 321 g/mol. The third-order valence-electron chi connectivity index (χ3n) is 3.71. The lowest BCUT2D eigenvalue weighted by atomic mass is 10.2. The highest BCUT2D eigenvalue weighted by Gasteiger charge is 2.28. The van der Waals surface area contributed by atoms with Crippen molar-refractivity contribution in [2.45, 2.75) is 6.54 Å². The summed E-state index contributed by atoms with van der Waals surface area (Å²) in [6.45, 7) is -0.106. The van der Waals surface area contributed by atoms with Crippen molar-refractivity contribution in [1.82, 2.24) is 18.7 Å². The summed E-state index contributed by atoms with van der Waals surface area (Å²) >= 11 is 0. The van der Waals surface area contributed by atoms with Crippen molar-refractivity contribution in [2.75, 3.05) is 0 Å². The maximum Gasteiger partial charge on any atom is 0.437 e. The molecule has 0 unspecified atom stereocenters. The minimum Gasteiger partial charge on any atom is -0.390 e. The Morgan fingerprint density at radius 1 is 1.25 bits per heavy atom. The van der Waals surface area contributed by atoms with Gasteiger partial charge >= 0.3 is 17.2 Å². The van der Waals surface area contributed by atoms with Gasteiger partial charge in [-0.05, 0) is 22.6 Å². The maximum absolute atomic E-state index is 13.4. The van der Waals surface area contributed by atoms with Crippen molar-refractivity contribution in [3.63, 3.8) is 0 Å². The number of halogens is 1. The first-order valence-corrected chi connectivity index (χ1v) is 6.86. The zero-order valence-corrected chi connectivity index (χ0v) is 12.8. The van der Waals surface area contributed by atoms with Crippen LogP contribution in [0.3, 0.4) is 0 Å². The molecule has 10 heteroatoms. The first-order valence-electron chi connectivity index (χ1n) is 6.86. The van der Waals surface area contributed by atoms with Crippen LogP contribution in [-0.4, -0.2) is 23.6 Å². The van der Waals surface area contributed by atoms with Crippen LogP contribution in [0.5, 0.6) is 0 Å². The van der Waals surface area contributed by atoms with Gasteiger partial charge in [0.15, 0.2) is 0 Å². The predicted octanol–water partition coefficient (Wildman–Crippen LogP) is 0.529. The molecule has 9 nitrogen and oxygen atoms in total. The van der Waals surface area contributed by atoms with Gasteiger partial charge in [-0.3, -0.25) is 13.9 Å². The molecule has 0 amide bonds. The van der Waals surface area contributed by atoms with E-state index in [0.29, 0.717) is 5.56 Å². The summed E-state index contributed by atoms with van der Waals surface area (Å²) in [6, 6.07) is 5.51. The predicted molar refractivity (Wildman–Crippen MR) is 82.4 cm³/mol. The molecule has 2 aromatic heterocycles. The highest BCUT2D eigenvalue weighted by atomic mass is 19.1. The molecule has 0 radical (unpaired) electrons. The maximum atomic E-state index is 13.4. The molecule has 0 N–H and O–H groups in total. The molecule has 3 rings (SSSR count). The number of fused-ring (bicyclic) bond motifs is 1. The number of imidazole rings is 1. The van der Waals surface area contributed by atoms with Crippen molar-refractivity contribution in [3.05, 3.63) is 66.6 Å². The van der Waals surface area contributed by atoms with E-state index in [2.05, 4.69) is 4.98 Å². The van der Waals surface area contributed by atoms with E-state index in [0.717, 1.165) is 13.7 Å². The van der Waals surface area contributed by atoms with Gasteiger partial charge in [0.2, 0.25) is 5.65 Å². The van der Waals surface area contributed by atoms with Gasteiger partial charge in [0.1, 0.15) is 5.82 Å². The number of nitrogens with zero attached hydrogens (tertiary/aromatic N) is 5. The van der Waals surface area contributed by atoms with Crippen LogP contribution < -0.4 is 11.2 Å². The van der Waals surface area contributed by atoms with E-state index >= 15 is 0 Å². The van der Waals surface area contributed by atoms with Gasteiger partial charge in [0, 0.05) is 14.1 Å². The van der Waals surface area contributed by atoms with E-state index in [1.165, 1.54) is 32.3 Å². The number of aryl methyl sites for hydroxylation is 1. The molecule has 0 aliphatic rings. The van der Waals surface area contributed by atoms with Gasteiger partial charge in [-0.2, -0.15) is 0 Å². The molecule has 0 fully saturated rings. The van der Waals surface area contributed by atoms with E-state index in [4.69, 9.17) is 0 Å². The second-order valence-corrected chi connectivity index (χ2v) is 5.26.